The van der Waals surface area contributed by atoms with Crippen LogP contribution in [-0.2, 0) is 10.2 Å². The maximum Gasteiger partial charge on any atom is 0.220 e. The Hall–Kier alpha value is -1.55. The number of carbonyl (C=O) groups is 1. The van der Waals surface area contributed by atoms with Gasteiger partial charge in [-0.2, -0.15) is 0 Å². The van der Waals surface area contributed by atoms with Gasteiger partial charge in [0, 0.05) is 18.4 Å². The average Bonchev–Trinajstić information content (AvgIpc) is 3.16. The summed E-state index contributed by atoms with van der Waals surface area (Å²) in [6, 6.07) is 8.39. The molecule has 0 aromatic heterocycles. The number of hydrogen-bond acceptors (Lipinski definition) is 3. The van der Waals surface area contributed by atoms with Crippen LogP contribution in [0, 0.1) is 5.92 Å². The summed E-state index contributed by atoms with van der Waals surface area (Å²) < 4.78 is 5.40. The van der Waals surface area contributed by atoms with Gasteiger partial charge in [0.15, 0.2) is 0 Å². The number of hydrogen-bond donors (Lipinski definition) is 2. The number of benzene rings is 1. The van der Waals surface area contributed by atoms with Crippen molar-refractivity contribution in [2.24, 2.45) is 5.92 Å². The van der Waals surface area contributed by atoms with Crippen molar-refractivity contribution < 1.29 is 9.53 Å². The first-order valence-electron chi connectivity index (χ1n) is 9.84. The van der Waals surface area contributed by atoms with Crippen LogP contribution in [0.15, 0.2) is 24.3 Å². The molecule has 25 heavy (non-hydrogen) atoms. The molecule has 1 aromatic rings. The SMILES string of the molecule is COc1cccc(C2(CNC(=O)CCC3CCNCC3)CCCC2)c1. The highest BCUT2D eigenvalue weighted by Crippen LogP contribution is 2.41. The topological polar surface area (TPSA) is 50.4 Å². The fraction of sp³-hybridized carbons (Fsp3) is 0.667. The Kier molecular flexibility index (Phi) is 6.35. The smallest absolute Gasteiger partial charge is 0.220 e. The highest BCUT2D eigenvalue weighted by atomic mass is 16.5. The maximum atomic E-state index is 12.4. The summed E-state index contributed by atoms with van der Waals surface area (Å²) in [7, 11) is 1.71. The van der Waals surface area contributed by atoms with Crippen LogP contribution < -0.4 is 15.4 Å². The third-order valence-electron chi connectivity index (χ3n) is 6.11. The van der Waals surface area contributed by atoms with E-state index in [4.69, 9.17) is 4.74 Å². The molecule has 4 heteroatoms. The van der Waals surface area contributed by atoms with Gasteiger partial charge in [-0.1, -0.05) is 25.0 Å². The van der Waals surface area contributed by atoms with Crippen molar-refractivity contribution in [3.8, 4) is 5.75 Å². The molecule has 1 amide bonds. The van der Waals surface area contributed by atoms with E-state index in [9.17, 15) is 4.79 Å². The Balaban J connectivity index is 1.55. The zero-order valence-electron chi connectivity index (χ0n) is 15.5. The highest BCUT2D eigenvalue weighted by molar-refractivity contribution is 5.76. The van der Waals surface area contributed by atoms with Crippen molar-refractivity contribution in [1.29, 1.82) is 0 Å². The Labute approximate surface area is 151 Å². The van der Waals surface area contributed by atoms with Crippen LogP contribution in [-0.4, -0.2) is 32.7 Å². The number of ether oxygens (including phenoxy) is 1. The lowest BCUT2D eigenvalue weighted by molar-refractivity contribution is -0.121. The summed E-state index contributed by atoms with van der Waals surface area (Å²) in [6.07, 6.45) is 8.88. The van der Waals surface area contributed by atoms with Gasteiger partial charge in [0.25, 0.3) is 0 Å². The van der Waals surface area contributed by atoms with E-state index in [1.807, 2.05) is 6.07 Å². The zero-order chi connectivity index (χ0) is 17.5. The molecule has 2 aliphatic rings. The first kappa shape index (κ1) is 18.2. The molecule has 0 radical (unpaired) electrons. The van der Waals surface area contributed by atoms with Crippen molar-refractivity contribution in [1.82, 2.24) is 10.6 Å². The molecule has 1 saturated carbocycles. The van der Waals surface area contributed by atoms with Crippen LogP contribution in [0.1, 0.15) is 56.9 Å². The third-order valence-corrected chi connectivity index (χ3v) is 6.11. The van der Waals surface area contributed by atoms with Gasteiger partial charge in [-0.15, -0.1) is 0 Å². The lowest BCUT2D eigenvalue weighted by Gasteiger charge is -2.30. The molecule has 1 aliphatic heterocycles. The van der Waals surface area contributed by atoms with Crippen molar-refractivity contribution in [3.05, 3.63) is 29.8 Å². The van der Waals surface area contributed by atoms with Crippen LogP contribution in [0.4, 0.5) is 0 Å². The van der Waals surface area contributed by atoms with Gasteiger partial charge in [-0.25, -0.2) is 0 Å². The van der Waals surface area contributed by atoms with Crippen LogP contribution in [0.25, 0.3) is 0 Å². The van der Waals surface area contributed by atoms with E-state index in [0.717, 1.165) is 44.6 Å². The first-order valence-corrected chi connectivity index (χ1v) is 9.84. The van der Waals surface area contributed by atoms with Gasteiger partial charge in [-0.05, 0) is 68.8 Å². The number of methoxy groups -OCH3 is 1. The molecule has 2 N–H and O–H groups in total. The van der Waals surface area contributed by atoms with E-state index in [1.165, 1.54) is 31.2 Å². The van der Waals surface area contributed by atoms with Gasteiger partial charge in [0.05, 0.1) is 7.11 Å². The molecule has 0 unspecified atom stereocenters. The Morgan fingerprint density at radius 1 is 1.28 bits per heavy atom. The molecule has 0 atom stereocenters. The molecule has 1 heterocycles. The van der Waals surface area contributed by atoms with Gasteiger partial charge < -0.3 is 15.4 Å². The lowest BCUT2D eigenvalue weighted by atomic mass is 9.78. The predicted molar refractivity (Wildman–Crippen MR) is 101 cm³/mol. The van der Waals surface area contributed by atoms with E-state index in [-0.39, 0.29) is 11.3 Å². The van der Waals surface area contributed by atoms with Crippen LogP contribution in [0.5, 0.6) is 5.75 Å². The normalized spacial score (nSPS) is 20.4. The Morgan fingerprint density at radius 3 is 2.76 bits per heavy atom. The second kappa shape index (κ2) is 8.70. The first-order chi connectivity index (χ1) is 12.2. The molecule has 1 aliphatic carbocycles. The van der Waals surface area contributed by atoms with Crippen LogP contribution in [0.2, 0.25) is 0 Å². The fourth-order valence-electron chi connectivity index (χ4n) is 4.43. The standard InChI is InChI=1S/C21H32N2O2/c1-25-19-6-4-5-18(15-19)21(11-2-3-12-21)16-23-20(24)8-7-17-9-13-22-14-10-17/h4-6,15,17,22H,2-3,7-14,16H2,1H3,(H,23,24). The van der Waals surface area contributed by atoms with Crippen LogP contribution >= 0.6 is 0 Å². The molecular formula is C21H32N2O2. The molecule has 3 rings (SSSR count). The predicted octanol–water partition coefficient (Wildman–Crippen LogP) is 3.40. The number of rotatable bonds is 7. The second-order valence-corrected chi connectivity index (χ2v) is 7.73. The third kappa shape index (κ3) is 4.75. The van der Waals surface area contributed by atoms with E-state index in [2.05, 4.69) is 28.8 Å². The fourth-order valence-corrected chi connectivity index (χ4v) is 4.43. The lowest BCUT2D eigenvalue weighted by Crippen LogP contribution is -2.39. The molecule has 4 nitrogen and oxygen atoms in total. The summed E-state index contributed by atoms with van der Waals surface area (Å²) in [6.45, 7) is 2.96. The van der Waals surface area contributed by atoms with Gasteiger partial charge in [0.2, 0.25) is 5.91 Å². The Morgan fingerprint density at radius 2 is 2.04 bits per heavy atom. The monoisotopic (exact) mass is 344 g/mol. The quantitative estimate of drug-likeness (QED) is 0.797. The minimum absolute atomic E-state index is 0.0823. The minimum atomic E-state index is 0.0823. The number of amides is 1. The van der Waals surface area contributed by atoms with Gasteiger partial charge in [0.1, 0.15) is 5.75 Å². The Bertz CT molecular complexity index is 561. The highest BCUT2D eigenvalue weighted by Gasteiger charge is 2.36. The molecule has 138 valence electrons. The summed E-state index contributed by atoms with van der Waals surface area (Å²) in [5.74, 6) is 1.83. The molecule has 1 aromatic carbocycles. The van der Waals surface area contributed by atoms with Crippen LogP contribution in [0.3, 0.4) is 0 Å². The summed E-state index contributed by atoms with van der Waals surface area (Å²) in [4.78, 5) is 12.4. The molecular weight excluding hydrogens is 312 g/mol. The van der Waals surface area contributed by atoms with Crippen molar-refractivity contribution in [2.45, 2.75) is 56.8 Å². The van der Waals surface area contributed by atoms with E-state index < -0.39 is 0 Å². The van der Waals surface area contributed by atoms with Crippen molar-refractivity contribution in [3.63, 3.8) is 0 Å². The maximum absolute atomic E-state index is 12.4. The van der Waals surface area contributed by atoms with E-state index in [0.29, 0.717) is 12.3 Å². The largest absolute Gasteiger partial charge is 0.497 e. The van der Waals surface area contributed by atoms with Crippen molar-refractivity contribution >= 4 is 5.91 Å². The van der Waals surface area contributed by atoms with Crippen molar-refractivity contribution in [2.75, 3.05) is 26.7 Å². The molecule has 2 fully saturated rings. The summed E-state index contributed by atoms with van der Waals surface area (Å²) in [5, 5.41) is 6.63. The van der Waals surface area contributed by atoms with Gasteiger partial charge in [-0.3, -0.25) is 4.79 Å². The molecule has 1 saturated heterocycles. The number of carbonyl (C=O) groups excluding carboxylic acids is 1. The summed E-state index contributed by atoms with van der Waals surface area (Å²) >= 11 is 0. The second-order valence-electron chi connectivity index (χ2n) is 7.73. The van der Waals surface area contributed by atoms with Gasteiger partial charge >= 0.3 is 0 Å². The van der Waals surface area contributed by atoms with E-state index >= 15 is 0 Å². The number of nitrogens with one attached hydrogen (secondary N) is 2. The van der Waals surface area contributed by atoms with E-state index in [1.54, 1.807) is 7.11 Å². The average molecular weight is 344 g/mol. The summed E-state index contributed by atoms with van der Waals surface area (Å²) in [5.41, 5.74) is 1.39. The zero-order valence-corrected chi connectivity index (χ0v) is 15.5. The minimum Gasteiger partial charge on any atom is -0.497 e. The number of piperidine rings is 1. The molecule has 0 spiro atoms. The molecule has 0 bridgehead atoms.